The first kappa shape index (κ1) is 25.7. The van der Waals surface area contributed by atoms with Gasteiger partial charge in [0.1, 0.15) is 5.60 Å². The van der Waals surface area contributed by atoms with Crippen LogP contribution in [0.1, 0.15) is 69.5 Å². The highest BCUT2D eigenvalue weighted by Gasteiger charge is 2.34. The van der Waals surface area contributed by atoms with Crippen molar-refractivity contribution in [2.45, 2.75) is 52.7 Å². The Balaban J connectivity index is 0.000000968. The zero-order valence-corrected chi connectivity index (χ0v) is 22.4. The quantitative estimate of drug-likeness (QED) is 0.395. The average Bonchev–Trinajstić information content (AvgIpc) is 2.87. The Morgan fingerprint density at radius 3 is 2.48 bits per heavy atom. The van der Waals surface area contributed by atoms with E-state index in [0.29, 0.717) is 18.1 Å². The Morgan fingerprint density at radius 1 is 1.18 bits per heavy atom. The molecule has 4 rings (SSSR count). The van der Waals surface area contributed by atoms with Crippen LogP contribution in [0.25, 0.3) is 10.6 Å². The van der Waals surface area contributed by atoms with E-state index in [1.54, 1.807) is 4.90 Å². The second-order valence-corrected chi connectivity index (χ2v) is 10.6. The van der Waals surface area contributed by atoms with Crippen LogP contribution in [0.5, 0.6) is 0 Å². The number of ether oxygens (including phenoxy) is 1. The summed E-state index contributed by atoms with van der Waals surface area (Å²) in [6.45, 7) is 12.6. The van der Waals surface area contributed by atoms with Crippen LogP contribution in [-0.2, 0) is 4.74 Å². The summed E-state index contributed by atoms with van der Waals surface area (Å²) < 4.78 is 6.53. The third-order valence-electron chi connectivity index (χ3n) is 5.31. The molecular weight excluding hydrogens is 502 g/mol. The standard InChI is InChI=1S/C23H25BrClN3O2.C3H8/c1-23(2,3)30-22(29)28-11-9-27(10-12-28)21-17-7-6-16(25)13-15(17)14-19(24)18-5-4-8-26-20(18)21;1-3-2/h4-8,13-14,21H,9-12H2,1-3H3;3H2,1-2H3. The Labute approximate surface area is 210 Å². The van der Waals surface area contributed by atoms with Gasteiger partial charge in [0.2, 0.25) is 0 Å². The van der Waals surface area contributed by atoms with Crippen molar-refractivity contribution in [1.82, 2.24) is 14.8 Å². The maximum atomic E-state index is 12.5. The summed E-state index contributed by atoms with van der Waals surface area (Å²) >= 11 is 10.0. The van der Waals surface area contributed by atoms with Gasteiger partial charge in [-0.3, -0.25) is 9.88 Å². The molecule has 2 aromatic rings. The number of fused-ring (bicyclic) bond motifs is 2. The van der Waals surface area contributed by atoms with Crippen LogP contribution in [0.15, 0.2) is 36.5 Å². The van der Waals surface area contributed by atoms with Gasteiger partial charge in [-0.2, -0.15) is 0 Å². The monoisotopic (exact) mass is 533 g/mol. The molecule has 178 valence electrons. The van der Waals surface area contributed by atoms with Gasteiger partial charge in [-0.05, 0) is 56.2 Å². The van der Waals surface area contributed by atoms with Crippen LogP contribution < -0.4 is 0 Å². The van der Waals surface area contributed by atoms with E-state index in [-0.39, 0.29) is 12.1 Å². The molecule has 1 aromatic carbocycles. The van der Waals surface area contributed by atoms with Crippen LogP contribution in [0, 0.1) is 0 Å². The molecule has 1 atom stereocenters. The summed E-state index contributed by atoms with van der Waals surface area (Å²) in [6, 6.07) is 10.0. The Bertz CT molecular complexity index is 1010. The maximum Gasteiger partial charge on any atom is 0.410 e. The van der Waals surface area contributed by atoms with E-state index in [4.69, 9.17) is 21.3 Å². The summed E-state index contributed by atoms with van der Waals surface area (Å²) in [5.74, 6) is 0. The van der Waals surface area contributed by atoms with Crippen molar-refractivity contribution in [3.63, 3.8) is 0 Å². The predicted molar refractivity (Wildman–Crippen MR) is 140 cm³/mol. The fourth-order valence-electron chi connectivity index (χ4n) is 3.98. The fraction of sp³-hybridized carbons (Fsp3) is 0.462. The highest BCUT2D eigenvalue weighted by atomic mass is 79.9. The van der Waals surface area contributed by atoms with Gasteiger partial charge in [0.25, 0.3) is 0 Å². The van der Waals surface area contributed by atoms with Crippen molar-refractivity contribution < 1.29 is 9.53 Å². The number of rotatable bonds is 1. The van der Waals surface area contributed by atoms with Gasteiger partial charge in [0, 0.05) is 47.4 Å². The molecule has 1 amide bonds. The van der Waals surface area contributed by atoms with Crippen LogP contribution in [0.4, 0.5) is 4.79 Å². The first-order valence-corrected chi connectivity index (χ1v) is 12.7. The second kappa shape index (κ2) is 11.0. The Morgan fingerprint density at radius 2 is 1.85 bits per heavy atom. The van der Waals surface area contributed by atoms with Gasteiger partial charge in [0.05, 0.1) is 11.7 Å². The lowest BCUT2D eigenvalue weighted by Crippen LogP contribution is -2.51. The molecule has 0 N–H and O–H groups in total. The number of amides is 1. The molecule has 33 heavy (non-hydrogen) atoms. The van der Waals surface area contributed by atoms with E-state index in [1.165, 1.54) is 12.0 Å². The molecule has 2 aliphatic rings. The van der Waals surface area contributed by atoms with Crippen molar-refractivity contribution in [3.8, 4) is 0 Å². The third-order valence-corrected chi connectivity index (χ3v) is 6.20. The molecule has 0 bridgehead atoms. The number of carbonyl (C=O) groups excluding carboxylic acids is 1. The summed E-state index contributed by atoms with van der Waals surface area (Å²) in [5.41, 5.74) is 3.83. The zero-order chi connectivity index (χ0) is 24.2. The van der Waals surface area contributed by atoms with E-state index < -0.39 is 5.60 Å². The van der Waals surface area contributed by atoms with Crippen LogP contribution in [-0.4, -0.2) is 52.7 Å². The van der Waals surface area contributed by atoms with Gasteiger partial charge < -0.3 is 9.64 Å². The highest BCUT2D eigenvalue weighted by Crippen LogP contribution is 2.41. The molecule has 1 aliphatic heterocycles. The second-order valence-electron chi connectivity index (χ2n) is 9.31. The maximum absolute atomic E-state index is 12.5. The Hall–Kier alpha value is -1.89. The lowest BCUT2D eigenvalue weighted by Gasteiger charge is -2.40. The van der Waals surface area contributed by atoms with E-state index in [1.807, 2.05) is 45.2 Å². The third kappa shape index (κ3) is 6.37. The molecule has 1 fully saturated rings. The van der Waals surface area contributed by atoms with Crippen molar-refractivity contribution in [2.24, 2.45) is 0 Å². The van der Waals surface area contributed by atoms with Crippen LogP contribution in [0.2, 0.25) is 5.02 Å². The Kier molecular flexibility index (Phi) is 8.59. The fourth-order valence-corrected chi connectivity index (χ4v) is 4.74. The predicted octanol–water partition coefficient (Wildman–Crippen LogP) is 7.00. The molecule has 0 spiro atoms. The molecule has 5 nitrogen and oxygen atoms in total. The van der Waals surface area contributed by atoms with Crippen LogP contribution >= 0.6 is 27.5 Å². The topological polar surface area (TPSA) is 45.7 Å². The average molecular weight is 535 g/mol. The summed E-state index contributed by atoms with van der Waals surface area (Å²) in [4.78, 5) is 21.4. The minimum Gasteiger partial charge on any atom is -0.444 e. The van der Waals surface area contributed by atoms with Crippen molar-refractivity contribution >= 4 is 44.2 Å². The van der Waals surface area contributed by atoms with Gasteiger partial charge in [-0.1, -0.05) is 59.9 Å². The summed E-state index contributed by atoms with van der Waals surface area (Å²) in [6.07, 6.45) is 4.95. The first-order valence-electron chi connectivity index (χ1n) is 11.5. The number of benzene rings is 1. The van der Waals surface area contributed by atoms with E-state index in [2.05, 4.69) is 52.9 Å². The molecule has 2 heterocycles. The molecular formula is C26H33BrClN3O2. The van der Waals surface area contributed by atoms with Gasteiger partial charge in [-0.15, -0.1) is 0 Å². The minimum atomic E-state index is -0.492. The number of hydrogen-bond acceptors (Lipinski definition) is 4. The number of hydrogen-bond donors (Lipinski definition) is 0. The van der Waals surface area contributed by atoms with E-state index >= 15 is 0 Å². The number of pyridine rings is 1. The lowest BCUT2D eigenvalue weighted by molar-refractivity contribution is 0.0118. The normalized spacial score (nSPS) is 18.2. The van der Waals surface area contributed by atoms with Crippen molar-refractivity contribution in [3.05, 3.63) is 63.9 Å². The molecule has 0 radical (unpaired) electrons. The van der Waals surface area contributed by atoms with Gasteiger partial charge in [-0.25, -0.2) is 4.79 Å². The van der Waals surface area contributed by atoms with E-state index in [0.717, 1.165) is 34.4 Å². The van der Waals surface area contributed by atoms with Gasteiger partial charge >= 0.3 is 6.09 Å². The van der Waals surface area contributed by atoms with E-state index in [9.17, 15) is 4.79 Å². The molecule has 7 heteroatoms. The van der Waals surface area contributed by atoms with Crippen LogP contribution in [0.3, 0.4) is 0 Å². The smallest absolute Gasteiger partial charge is 0.410 e. The molecule has 1 saturated heterocycles. The molecule has 1 aliphatic carbocycles. The molecule has 0 saturated carbocycles. The largest absolute Gasteiger partial charge is 0.444 e. The highest BCUT2D eigenvalue weighted by molar-refractivity contribution is 9.15. The number of nitrogens with zero attached hydrogens (tertiary/aromatic N) is 3. The number of carbonyl (C=O) groups is 1. The summed E-state index contributed by atoms with van der Waals surface area (Å²) in [7, 11) is 0. The molecule has 1 unspecified atom stereocenters. The number of halogens is 2. The number of aromatic nitrogens is 1. The number of piperazine rings is 1. The lowest BCUT2D eigenvalue weighted by atomic mass is 9.96. The first-order chi connectivity index (χ1) is 15.6. The SMILES string of the molecule is CC(C)(C)OC(=O)N1CCN(C2c3ccc(Cl)cc3C=C(Br)c3cccnc32)CC1.CCC. The zero-order valence-electron chi connectivity index (χ0n) is 20.1. The van der Waals surface area contributed by atoms with Crippen molar-refractivity contribution in [2.75, 3.05) is 26.2 Å². The molecule has 1 aromatic heterocycles. The van der Waals surface area contributed by atoms with Gasteiger partial charge in [0.15, 0.2) is 0 Å². The summed E-state index contributed by atoms with van der Waals surface area (Å²) in [5, 5.41) is 0.706. The van der Waals surface area contributed by atoms with Crippen molar-refractivity contribution in [1.29, 1.82) is 0 Å². The minimum absolute atomic E-state index is 0.0134.